The predicted octanol–water partition coefficient (Wildman–Crippen LogP) is 3.32. The smallest absolute Gasteiger partial charge is 0.257 e. The molecule has 25 heavy (non-hydrogen) atoms. The molecule has 1 aliphatic carbocycles. The Balaban J connectivity index is 1.50. The predicted molar refractivity (Wildman–Crippen MR) is 98.3 cm³/mol. The summed E-state index contributed by atoms with van der Waals surface area (Å²) >= 11 is 0. The molecule has 1 N–H and O–H groups in total. The number of Topliss-reactive ketones (excluding diaryl/α,β-unsaturated/α-hetero) is 1. The van der Waals surface area contributed by atoms with Crippen molar-refractivity contribution in [2.24, 2.45) is 13.0 Å². The number of hydrogen-bond donors (Lipinski definition) is 1. The van der Waals surface area contributed by atoms with Gasteiger partial charge in [0.05, 0.1) is 0 Å². The van der Waals surface area contributed by atoms with Gasteiger partial charge in [-0.05, 0) is 31.4 Å². The molecule has 0 bridgehead atoms. The van der Waals surface area contributed by atoms with Gasteiger partial charge in [0, 0.05) is 30.3 Å². The number of para-hydroxylation sites is 1. The molecule has 1 aliphatic rings. The number of aromatic nitrogens is 1. The second-order valence-corrected chi connectivity index (χ2v) is 7.06. The van der Waals surface area contributed by atoms with Crippen molar-refractivity contribution < 1.29 is 14.2 Å². The van der Waals surface area contributed by atoms with E-state index in [2.05, 4.69) is 5.32 Å². The second kappa shape index (κ2) is 8.24. The third-order valence-electron chi connectivity index (χ3n) is 5.17. The number of aryl methyl sites for hydroxylation is 1. The lowest BCUT2D eigenvalue weighted by molar-refractivity contribution is -0.645. The lowest BCUT2D eigenvalue weighted by atomic mass is 9.85. The van der Waals surface area contributed by atoms with Gasteiger partial charge in [0.15, 0.2) is 6.20 Å². The van der Waals surface area contributed by atoms with Gasteiger partial charge >= 0.3 is 0 Å². The highest BCUT2D eigenvalue weighted by Crippen LogP contribution is 2.25. The number of carbonyl (C=O) groups excluding carboxylic acids is 2. The van der Waals surface area contributed by atoms with Gasteiger partial charge in [0.1, 0.15) is 18.4 Å². The van der Waals surface area contributed by atoms with Crippen LogP contribution in [0.4, 0.5) is 0 Å². The number of rotatable bonds is 6. The van der Waals surface area contributed by atoms with Crippen molar-refractivity contribution in [2.75, 3.05) is 6.54 Å². The van der Waals surface area contributed by atoms with Crippen LogP contribution in [0.15, 0.2) is 36.5 Å². The first-order valence-corrected chi connectivity index (χ1v) is 9.34. The molecule has 1 fully saturated rings. The molecule has 2 aromatic rings. The maximum absolute atomic E-state index is 12.4. The van der Waals surface area contributed by atoms with Crippen molar-refractivity contribution in [3.05, 3.63) is 42.1 Å². The molecule has 4 heteroatoms. The van der Waals surface area contributed by atoms with E-state index >= 15 is 0 Å². The normalized spacial score (nSPS) is 15.2. The summed E-state index contributed by atoms with van der Waals surface area (Å²) in [6, 6.07) is 9.92. The fourth-order valence-electron chi connectivity index (χ4n) is 3.73. The van der Waals surface area contributed by atoms with E-state index in [0.717, 1.165) is 30.2 Å². The van der Waals surface area contributed by atoms with Gasteiger partial charge in [-0.3, -0.25) is 9.59 Å². The van der Waals surface area contributed by atoms with Gasteiger partial charge in [-0.1, -0.05) is 31.4 Å². The quantitative estimate of drug-likeness (QED) is 0.648. The Hall–Kier alpha value is -2.23. The second-order valence-electron chi connectivity index (χ2n) is 7.06. The highest BCUT2D eigenvalue weighted by atomic mass is 16.1. The number of nitrogens with one attached hydrogen (secondary N) is 1. The van der Waals surface area contributed by atoms with Crippen molar-refractivity contribution in [2.45, 2.75) is 44.9 Å². The van der Waals surface area contributed by atoms with Gasteiger partial charge in [-0.2, -0.15) is 0 Å². The minimum absolute atomic E-state index is 0.0773. The van der Waals surface area contributed by atoms with Gasteiger partial charge in [-0.25, -0.2) is 4.57 Å². The van der Waals surface area contributed by atoms with E-state index in [4.69, 9.17) is 0 Å². The van der Waals surface area contributed by atoms with E-state index in [9.17, 15) is 9.59 Å². The van der Waals surface area contributed by atoms with Crippen LogP contribution in [0.1, 0.15) is 55.3 Å². The maximum Gasteiger partial charge on any atom is 0.257 e. The summed E-state index contributed by atoms with van der Waals surface area (Å²) in [6.45, 7) is 0.549. The maximum atomic E-state index is 12.4. The number of ketones is 1. The van der Waals surface area contributed by atoms with Crippen molar-refractivity contribution in [1.82, 2.24) is 5.32 Å². The standard InChI is InChI=1S/C21H26N2O2/c1-23-15-18(14-17-10-5-6-11-19(17)23)21(25)22-13-7-12-20(24)16-8-3-2-4-9-16/h5-6,10-11,14-16H,2-4,7-9,12-13H2,1H3/p+1. The number of hydrogen-bond acceptors (Lipinski definition) is 2. The molecular formula is C21H27N2O2+. The molecule has 0 unspecified atom stereocenters. The summed E-state index contributed by atoms with van der Waals surface area (Å²) in [4.78, 5) is 24.6. The first-order chi connectivity index (χ1) is 12.1. The Bertz CT molecular complexity index is 764. The number of carbonyl (C=O) groups is 2. The zero-order chi connectivity index (χ0) is 17.6. The van der Waals surface area contributed by atoms with Crippen LogP contribution in [0, 0.1) is 5.92 Å². The summed E-state index contributed by atoms with van der Waals surface area (Å²) in [5.74, 6) is 0.571. The van der Waals surface area contributed by atoms with E-state index in [-0.39, 0.29) is 11.8 Å². The summed E-state index contributed by atoms with van der Waals surface area (Å²) in [5, 5.41) is 3.99. The number of amides is 1. The zero-order valence-electron chi connectivity index (χ0n) is 15.0. The zero-order valence-corrected chi connectivity index (χ0v) is 15.0. The van der Waals surface area contributed by atoms with Crippen LogP contribution in [0.5, 0.6) is 0 Å². The Kier molecular flexibility index (Phi) is 5.79. The van der Waals surface area contributed by atoms with Crippen LogP contribution >= 0.6 is 0 Å². The fourth-order valence-corrected chi connectivity index (χ4v) is 3.73. The topological polar surface area (TPSA) is 50.0 Å². The van der Waals surface area contributed by atoms with Crippen LogP contribution < -0.4 is 9.88 Å². The number of benzene rings is 1. The van der Waals surface area contributed by atoms with Crippen molar-refractivity contribution in [3.63, 3.8) is 0 Å². The molecule has 1 aromatic carbocycles. The van der Waals surface area contributed by atoms with E-state index in [0.29, 0.717) is 24.3 Å². The average Bonchev–Trinajstić information content (AvgIpc) is 2.65. The highest BCUT2D eigenvalue weighted by molar-refractivity contribution is 5.96. The van der Waals surface area contributed by atoms with Gasteiger partial charge in [0.25, 0.3) is 5.91 Å². The number of fused-ring (bicyclic) bond motifs is 1. The van der Waals surface area contributed by atoms with Crippen LogP contribution in [0.3, 0.4) is 0 Å². The van der Waals surface area contributed by atoms with Gasteiger partial charge in [-0.15, -0.1) is 0 Å². The van der Waals surface area contributed by atoms with E-state index in [1.807, 2.05) is 48.1 Å². The van der Waals surface area contributed by atoms with Crippen molar-refractivity contribution >= 4 is 22.6 Å². The average molecular weight is 339 g/mol. The summed E-state index contributed by atoms with van der Waals surface area (Å²) in [5.41, 5.74) is 1.75. The largest absolute Gasteiger partial charge is 0.352 e. The molecule has 3 rings (SSSR count). The Labute approximate surface area is 149 Å². The molecule has 4 nitrogen and oxygen atoms in total. The van der Waals surface area contributed by atoms with Crippen LogP contribution in [0.25, 0.3) is 10.9 Å². The molecule has 0 saturated heterocycles. The minimum Gasteiger partial charge on any atom is -0.352 e. The summed E-state index contributed by atoms with van der Waals surface area (Å²) in [6.07, 6.45) is 8.90. The monoisotopic (exact) mass is 339 g/mol. The molecule has 1 saturated carbocycles. The molecular weight excluding hydrogens is 312 g/mol. The van der Waals surface area contributed by atoms with E-state index in [1.54, 1.807) is 0 Å². The van der Waals surface area contributed by atoms with Crippen LogP contribution in [0.2, 0.25) is 0 Å². The molecule has 1 aromatic heterocycles. The molecule has 0 aliphatic heterocycles. The van der Waals surface area contributed by atoms with E-state index < -0.39 is 0 Å². The third kappa shape index (κ3) is 4.44. The van der Waals surface area contributed by atoms with Gasteiger partial charge in [0.2, 0.25) is 5.52 Å². The molecule has 0 radical (unpaired) electrons. The molecule has 132 valence electrons. The summed E-state index contributed by atoms with van der Waals surface area (Å²) < 4.78 is 1.97. The Morgan fingerprint density at radius 1 is 1.16 bits per heavy atom. The molecule has 0 atom stereocenters. The van der Waals surface area contributed by atoms with Crippen LogP contribution in [-0.2, 0) is 11.8 Å². The van der Waals surface area contributed by atoms with Gasteiger partial charge < -0.3 is 5.32 Å². The number of pyridine rings is 1. The van der Waals surface area contributed by atoms with Crippen molar-refractivity contribution in [1.29, 1.82) is 0 Å². The fraction of sp³-hybridized carbons (Fsp3) is 0.476. The van der Waals surface area contributed by atoms with Crippen LogP contribution in [-0.4, -0.2) is 18.2 Å². The minimum atomic E-state index is -0.0773. The Morgan fingerprint density at radius 2 is 1.92 bits per heavy atom. The summed E-state index contributed by atoms with van der Waals surface area (Å²) in [7, 11) is 1.95. The van der Waals surface area contributed by atoms with E-state index in [1.165, 1.54) is 19.3 Å². The third-order valence-corrected chi connectivity index (χ3v) is 5.17. The lowest BCUT2D eigenvalue weighted by Gasteiger charge is -2.20. The highest BCUT2D eigenvalue weighted by Gasteiger charge is 2.20. The Morgan fingerprint density at radius 3 is 2.72 bits per heavy atom. The molecule has 1 amide bonds. The molecule has 1 heterocycles. The molecule has 0 spiro atoms. The number of nitrogens with zero attached hydrogens (tertiary/aromatic N) is 1. The van der Waals surface area contributed by atoms with Crippen molar-refractivity contribution in [3.8, 4) is 0 Å². The lowest BCUT2D eigenvalue weighted by Crippen LogP contribution is -2.33. The first kappa shape index (κ1) is 17.6. The first-order valence-electron chi connectivity index (χ1n) is 9.34. The SMILES string of the molecule is C[n+]1cc(C(=O)NCCCC(=O)C2CCCCC2)cc2ccccc21.